The summed E-state index contributed by atoms with van der Waals surface area (Å²) in [7, 11) is 0. The van der Waals surface area contributed by atoms with E-state index in [0.29, 0.717) is 12.3 Å². The quantitative estimate of drug-likeness (QED) is 0.768. The lowest BCUT2D eigenvalue weighted by Crippen LogP contribution is -2.45. The Morgan fingerprint density at radius 1 is 1.31 bits per heavy atom. The van der Waals surface area contributed by atoms with Gasteiger partial charge in [0.2, 0.25) is 5.88 Å². The lowest BCUT2D eigenvalue weighted by molar-refractivity contribution is -0.136. The van der Waals surface area contributed by atoms with Crippen molar-refractivity contribution in [3.8, 4) is 5.88 Å². The molecule has 0 spiro atoms. The summed E-state index contributed by atoms with van der Waals surface area (Å²) in [5.41, 5.74) is 6.30. The molecule has 0 aliphatic heterocycles. The lowest BCUT2D eigenvalue weighted by atomic mass is 10.2. The lowest BCUT2D eigenvalue weighted by Gasteiger charge is -2.21. The predicted octanol–water partition coefficient (Wildman–Crippen LogP) is 1.63. The SMILES string of the molecule is CCC(N)(O)Oc1ccc2ccccc2n1. The molecule has 0 aliphatic carbocycles. The normalized spacial score (nSPS) is 14.7. The Kier molecular flexibility index (Phi) is 2.77. The van der Waals surface area contributed by atoms with Crippen LogP contribution in [-0.2, 0) is 0 Å². The van der Waals surface area contributed by atoms with Gasteiger partial charge in [-0.25, -0.2) is 4.98 Å². The summed E-state index contributed by atoms with van der Waals surface area (Å²) in [5.74, 6) is -1.33. The fourth-order valence-electron chi connectivity index (χ4n) is 1.36. The van der Waals surface area contributed by atoms with Crippen molar-refractivity contribution in [2.45, 2.75) is 19.3 Å². The average Bonchev–Trinajstić information content (AvgIpc) is 2.28. The van der Waals surface area contributed by atoms with Crippen LogP contribution in [0.1, 0.15) is 13.3 Å². The fourth-order valence-corrected chi connectivity index (χ4v) is 1.36. The fraction of sp³-hybridized carbons (Fsp3) is 0.250. The Morgan fingerprint density at radius 2 is 2.06 bits per heavy atom. The monoisotopic (exact) mass is 218 g/mol. The van der Waals surface area contributed by atoms with E-state index in [1.54, 1.807) is 13.0 Å². The molecule has 3 N–H and O–H groups in total. The van der Waals surface area contributed by atoms with Crippen LogP contribution in [0.5, 0.6) is 5.88 Å². The first kappa shape index (κ1) is 10.9. The standard InChI is InChI=1S/C12H14N2O2/c1-2-12(13,15)16-11-8-7-9-5-3-4-6-10(9)14-11/h3-8,15H,2,13H2,1H3. The second-order valence-corrected chi connectivity index (χ2v) is 3.64. The molecule has 0 bridgehead atoms. The minimum atomic E-state index is -1.66. The molecule has 0 amide bonds. The molecule has 4 nitrogen and oxygen atoms in total. The molecule has 0 fully saturated rings. The molecule has 2 rings (SSSR count). The molecule has 2 aromatic rings. The van der Waals surface area contributed by atoms with Gasteiger partial charge in [-0.3, -0.25) is 5.73 Å². The maximum Gasteiger partial charge on any atom is 0.266 e. The summed E-state index contributed by atoms with van der Waals surface area (Å²) in [5, 5.41) is 10.6. The predicted molar refractivity (Wildman–Crippen MR) is 61.8 cm³/mol. The minimum Gasteiger partial charge on any atom is -0.432 e. The van der Waals surface area contributed by atoms with Crippen molar-refractivity contribution >= 4 is 10.9 Å². The molecule has 0 saturated heterocycles. The first-order valence-corrected chi connectivity index (χ1v) is 5.17. The van der Waals surface area contributed by atoms with E-state index in [0.717, 1.165) is 10.9 Å². The Hall–Kier alpha value is -1.65. The minimum absolute atomic E-state index is 0.293. The molecule has 0 saturated carbocycles. The number of nitrogens with zero attached hydrogens (tertiary/aromatic N) is 1. The number of ether oxygens (including phenoxy) is 1. The number of benzene rings is 1. The highest BCUT2D eigenvalue weighted by Crippen LogP contribution is 2.18. The molecule has 4 heteroatoms. The summed E-state index contributed by atoms with van der Waals surface area (Å²) in [4.78, 5) is 4.25. The van der Waals surface area contributed by atoms with E-state index in [9.17, 15) is 5.11 Å². The van der Waals surface area contributed by atoms with Crippen LogP contribution in [-0.4, -0.2) is 16.0 Å². The Morgan fingerprint density at radius 3 is 2.81 bits per heavy atom. The van der Waals surface area contributed by atoms with Gasteiger partial charge in [-0.1, -0.05) is 25.1 Å². The molecule has 84 valence electrons. The second-order valence-electron chi connectivity index (χ2n) is 3.64. The van der Waals surface area contributed by atoms with E-state index in [1.165, 1.54) is 0 Å². The van der Waals surface area contributed by atoms with Crippen molar-refractivity contribution in [2.24, 2.45) is 5.73 Å². The zero-order chi connectivity index (χ0) is 11.6. The summed E-state index contributed by atoms with van der Waals surface area (Å²) >= 11 is 0. The third-order valence-corrected chi connectivity index (χ3v) is 2.36. The molecular weight excluding hydrogens is 204 g/mol. The van der Waals surface area contributed by atoms with Crippen LogP contribution < -0.4 is 10.5 Å². The van der Waals surface area contributed by atoms with E-state index in [2.05, 4.69) is 4.98 Å². The van der Waals surface area contributed by atoms with E-state index in [1.807, 2.05) is 30.3 Å². The van der Waals surface area contributed by atoms with Crippen molar-refractivity contribution in [1.82, 2.24) is 4.98 Å². The number of pyridine rings is 1. The van der Waals surface area contributed by atoms with Gasteiger partial charge in [-0.2, -0.15) is 0 Å². The van der Waals surface area contributed by atoms with Gasteiger partial charge in [-0.15, -0.1) is 0 Å². The van der Waals surface area contributed by atoms with Gasteiger partial charge in [0.25, 0.3) is 5.91 Å². The van der Waals surface area contributed by atoms with Crippen molar-refractivity contribution in [1.29, 1.82) is 0 Å². The smallest absolute Gasteiger partial charge is 0.266 e. The van der Waals surface area contributed by atoms with Gasteiger partial charge in [0, 0.05) is 17.9 Å². The van der Waals surface area contributed by atoms with Crippen molar-refractivity contribution in [3.63, 3.8) is 0 Å². The molecule has 1 aromatic carbocycles. The number of fused-ring (bicyclic) bond motifs is 1. The largest absolute Gasteiger partial charge is 0.432 e. The summed E-state index contributed by atoms with van der Waals surface area (Å²) < 4.78 is 5.18. The maximum atomic E-state index is 9.56. The zero-order valence-corrected chi connectivity index (χ0v) is 9.05. The van der Waals surface area contributed by atoms with Crippen LogP contribution in [0.3, 0.4) is 0 Å². The van der Waals surface area contributed by atoms with Crippen LogP contribution in [0.15, 0.2) is 36.4 Å². The summed E-state index contributed by atoms with van der Waals surface area (Å²) in [6.07, 6.45) is 0.293. The van der Waals surface area contributed by atoms with E-state index >= 15 is 0 Å². The Labute approximate surface area is 93.7 Å². The molecular formula is C12H14N2O2. The van der Waals surface area contributed by atoms with E-state index in [-0.39, 0.29) is 0 Å². The van der Waals surface area contributed by atoms with Gasteiger partial charge < -0.3 is 9.84 Å². The third-order valence-electron chi connectivity index (χ3n) is 2.36. The zero-order valence-electron chi connectivity index (χ0n) is 9.05. The number of aliphatic hydroxyl groups is 1. The number of aromatic nitrogens is 1. The Bertz CT molecular complexity index is 497. The van der Waals surface area contributed by atoms with Crippen molar-refractivity contribution in [3.05, 3.63) is 36.4 Å². The number of nitrogens with two attached hydrogens (primary N) is 1. The third kappa shape index (κ3) is 2.29. The van der Waals surface area contributed by atoms with Crippen LogP contribution in [0.25, 0.3) is 10.9 Å². The first-order chi connectivity index (χ1) is 7.61. The summed E-state index contributed by atoms with van der Waals surface area (Å²) in [6, 6.07) is 11.2. The van der Waals surface area contributed by atoms with Crippen LogP contribution in [0, 0.1) is 0 Å². The van der Waals surface area contributed by atoms with Crippen LogP contribution in [0.4, 0.5) is 0 Å². The average molecular weight is 218 g/mol. The Balaban J connectivity index is 2.33. The van der Waals surface area contributed by atoms with E-state index in [4.69, 9.17) is 10.5 Å². The number of hydrogen-bond acceptors (Lipinski definition) is 4. The first-order valence-electron chi connectivity index (χ1n) is 5.17. The molecule has 1 unspecified atom stereocenters. The molecule has 16 heavy (non-hydrogen) atoms. The van der Waals surface area contributed by atoms with Gasteiger partial charge in [-0.05, 0) is 12.1 Å². The molecule has 0 radical (unpaired) electrons. The van der Waals surface area contributed by atoms with Crippen LogP contribution in [0.2, 0.25) is 0 Å². The topological polar surface area (TPSA) is 68.4 Å². The molecule has 1 atom stereocenters. The van der Waals surface area contributed by atoms with Gasteiger partial charge >= 0.3 is 0 Å². The van der Waals surface area contributed by atoms with Crippen LogP contribution >= 0.6 is 0 Å². The number of rotatable bonds is 3. The number of para-hydroxylation sites is 1. The number of hydrogen-bond donors (Lipinski definition) is 2. The summed E-state index contributed by atoms with van der Waals surface area (Å²) in [6.45, 7) is 1.74. The highest BCUT2D eigenvalue weighted by atomic mass is 16.6. The van der Waals surface area contributed by atoms with Gasteiger partial charge in [0.15, 0.2) is 0 Å². The van der Waals surface area contributed by atoms with Crippen molar-refractivity contribution < 1.29 is 9.84 Å². The van der Waals surface area contributed by atoms with Gasteiger partial charge in [0.1, 0.15) is 0 Å². The maximum absolute atomic E-state index is 9.56. The van der Waals surface area contributed by atoms with E-state index < -0.39 is 5.91 Å². The highest BCUT2D eigenvalue weighted by molar-refractivity contribution is 5.78. The molecule has 1 aromatic heterocycles. The van der Waals surface area contributed by atoms with Crippen molar-refractivity contribution in [2.75, 3.05) is 0 Å². The molecule has 0 aliphatic rings. The molecule has 1 heterocycles. The second kappa shape index (κ2) is 4.08. The van der Waals surface area contributed by atoms with Gasteiger partial charge in [0.05, 0.1) is 5.52 Å². The highest BCUT2D eigenvalue weighted by Gasteiger charge is 2.20.